The van der Waals surface area contributed by atoms with E-state index in [4.69, 9.17) is 15.2 Å². The topological polar surface area (TPSA) is 84.9 Å². The number of rotatable bonds is 6. The van der Waals surface area contributed by atoms with E-state index in [-0.39, 0.29) is 0 Å². The highest BCUT2D eigenvalue weighted by Crippen LogP contribution is 2.30. The van der Waals surface area contributed by atoms with Crippen molar-refractivity contribution in [3.63, 3.8) is 0 Å². The molecule has 0 aliphatic carbocycles. The van der Waals surface area contributed by atoms with Crippen LogP contribution in [-0.2, 0) is 0 Å². The van der Waals surface area contributed by atoms with Crippen molar-refractivity contribution < 1.29 is 4.42 Å². The van der Waals surface area contributed by atoms with Crippen LogP contribution in [-0.4, -0.2) is 11.7 Å². The third-order valence-corrected chi connectivity index (χ3v) is 5.61. The van der Waals surface area contributed by atoms with E-state index in [0.717, 1.165) is 45.1 Å². The molecule has 1 aromatic heterocycles. The van der Waals surface area contributed by atoms with Gasteiger partial charge in [-0.3, -0.25) is 10.8 Å². The molecule has 5 heteroatoms. The van der Waals surface area contributed by atoms with Crippen LogP contribution in [0.15, 0.2) is 126 Å². The number of hydrogen-bond donors (Lipinski definition) is 4. The van der Waals surface area contributed by atoms with Crippen LogP contribution in [0.5, 0.6) is 0 Å². The molecule has 0 bridgehead atoms. The maximum absolute atomic E-state index is 8.23. The molecule has 1 heterocycles. The molecule has 5 rings (SSSR count). The fraction of sp³-hybridized carbons (Fsp3) is 0. The lowest BCUT2D eigenvalue weighted by atomic mass is 10.1. The lowest BCUT2D eigenvalue weighted by molar-refractivity contribution is 0.597. The quantitative estimate of drug-likeness (QED) is 0.158. The minimum atomic E-state index is 0.357. The van der Waals surface area contributed by atoms with Crippen molar-refractivity contribution >= 4 is 23.0 Å². The monoisotopic (exact) mass is 456 g/mol. The van der Waals surface area contributed by atoms with Crippen LogP contribution in [0.4, 0.5) is 11.4 Å². The van der Waals surface area contributed by atoms with Gasteiger partial charge in [-0.25, -0.2) is 0 Å². The Labute approximate surface area is 204 Å². The Bertz CT molecular complexity index is 1330. The molecule has 35 heavy (non-hydrogen) atoms. The van der Waals surface area contributed by atoms with E-state index in [1.165, 1.54) is 0 Å². The van der Waals surface area contributed by atoms with Crippen molar-refractivity contribution in [2.24, 2.45) is 0 Å². The lowest BCUT2D eigenvalue weighted by Crippen LogP contribution is -2.11. The fourth-order valence-corrected chi connectivity index (χ4v) is 3.73. The zero-order chi connectivity index (χ0) is 24.0. The first kappa shape index (κ1) is 21.9. The van der Waals surface area contributed by atoms with Crippen molar-refractivity contribution in [1.82, 2.24) is 0 Å². The van der Waals surface area contributed by atoms with Crippen LogP contribution < -0.4 is 10.6 Å². The highest BCUT2D eigenvalue weighted by atomic mass is 16.3. The second kappa shape index (κ2) is 9.93. The van der Waals surface area contributed by atoms with Crippen molar-refractivity contribution in [1.29, 1.82) is 10.8 Å². The Morgan fingerprint density at radius 1 is 0.457 bits per heavy atom. The number of hydrogen-bond acceptors (Lipinski definition) is 3. The summed E-state index contributed by atoms with van der Waals surface area (Å²) in [5.74, 6) is 2.27. The molecular formula is C30H24N4O. The molecule has 0 saturated heterocycles. The maximum Gasteiger partial charge on any atom is 0.134 e. The van der Waals surface area contributed by atoms with Gasteiger partial charge >= 0.3 is 0 Å². The number of nitrogens with one attached hydrogen (secondary N) is 4. The van der Waals surface area contributed by atoms with Gasteiger partial charge < -0.3 is 15.1 Å². The number of furan rings is 1. The molecule has 0 aliphatic heterocycles. The molecule has 4 aromatic carbocycles. The second-order valence-electron chi connectivity index (χ2n) is 8.05. The lowest BCUT2D eigenvalue weighted by Gasteiger charge is -2.09. The zero-order valence-corrected chi connectivity index (χ0v) is 19.0. The third-order valence-electron chi connectivity index (χ3n) is 5.61. The van der Waals surface area contributed by atoms with Gasteiger partial charge in [0.05, 0.1) is 0 Å². The first-order valence-electron chi connectivity index (χ1n) is 11.3. The van der Waals surface area contributed by atoms with E-state index in [2.05, 4.69) is 10.6 Å². The highest BCUT2D eigenvalue weighted by Gasteiger charge is 2.09. The summed E-state index contributed by atoms with van der Waals surface area (Å²) in [5.41, 5.74) is 5.29. The summed E-state index contributed by atoms with van der Waals surface area (Å²) in [5, 5.41) is 22.7. The molecule has 0 unspecified atom stereocenters. The van der Waals surface area contributed by atoms with Gasteiger partial charge in [0.1, 0.15) is 23.2 Å². The molecule has 4 N–H and O–H groups in total. The molecule has 5 nitrogen and oxygen atoms in total. The van der Waals surface area contributed by atoms with E-state index >= 15 is 0 Å². The Kier molecular flexibility index (Phi) is 6.22. The summed E-state index contributed by atoms with van der Waals surface area (Å²) in [6.45, 7) is 0. The Balaban J connectivity index is 1.24. The number of anilines is 2. The first-order valence-corrected chi connectivity index (χ1v) is 11.3. The van der Waals surface area contributed by atoms with Gasteiger partial charge in [0.25, 0.3) is 0 Å². The molecule has 5 aromatic rings. The van der Waals surface area contributed by atoms with Crippen LogP contribution in [0.1, 0.15) is 11.1 Å². The first-order chi connectivity index (χ1) is 17.2. The van der Waals surface area contributed by atoms with Crippen molar-refractivity contribution in [3.05, 3.63) is 132 Å². The molecule has 0 aliphatic rings. The molecule has 170 valence electrons. The normalized spacial score (nSPS) is 10.5. The van der Waals surface area contributed by atoms with E-state index in [1.807, 2.05) is 121 Å². The van der Waals surface area contributed by atoms with Gasteiger partial charge in [0.2, 0.25) is 0 Å². The average Bonchev–Trinajstić information content (AvgIpc) is 3.41. The van der Waals surface area contributed by atoms with E-state index in [9.17, 15) is 0 Å². The van der Waals surface area contributed by atoms with Crippen LogP contribution in [0.2, 0.25) is 0 Å². The summed E-state index contributed by atoms with van der Waals surface area (Å²) < 4.78 is 6.11. The van der Waals surface area contributed by atoms with Crippen molar-refractivity contribution in [2.75, 3.05) is 10.6 Å². The largest absolute Gasteiger partial charge is 0.456 e. The van der Waals surface area contributed by atoms with Gasteiger partial charge in [0.15, 0.2) is 0 Å². The maximum atomic E-state index is 8.23. The van der Waals surface area contributed by atoms with Crippen LogP contribution in [0, 0.1) is 10.8 Å². The molecule has 0 atom stereocenters. The molecule has 0 spiro atoms. The van der Waals surface area contributed by atoms with Gasteiger partial charge in [-0.1, -0.05) is 60.7 Å². The van der Waals surface area contributed by atoms with Crippen LogP contribution in [0.25, 0.3) is 22.6 Å². The summed E-state index contributed by atoms with van der Waals surface area (Å²) in [7, 11) is 0. The summed E-state index contributed by atoms with van der Waals surface area (Å²) >= 11 is 0. The van der Waals surface area contributed by atoms with Gasteiger partial charge in [-0.2, -0.15) is 0 Å². The van der Waals surface area contributed by atoms with Gasteiger partial charge in [-0.05, 0) is 60.7 Å². The SMILES string of the molecule is N=C(Nc1ccc(-c2ccc(-c3ccc(NC(=N)c4ccccc4)cc3)o2)cc1)c1ccccc1. The second-order valence-corrected chi connectivity index (χ2v) is 8.05. The van der Waals surface area contributed by atoms with Crippen LogP contribution >= 0.6 is 0 Å². The minimum absolute atomic E-state index is 0.357. The highest BCUT2D eigenvalue weighted by molar-refractivity contribution is 6.06. The number of benzene rings is 4. The standard InChI is InChI=1S/C30H24N4O/c31-29(23-7-3-1-4-8-23)33-25-15-11-21(12-16-25)27-19-20-28(35-27)22-13-17-26(18-14-22)34-30(32)24-9-5-2-6-10-24/h1-20H,(H2,31,33)(H2,32,34). The van der Waals surface area contributed by atoms with Gasteiger partial charge in [0, 0.05) is 33.6 Å². The van der Waals surface area contributed by atoms with E-state index in [0.29, 0.717) is 11.7 Å². The fourth-order valence-electron chi connectivity index (χ4n) is 3.73. The molecule has 0 fully saturated rings. The third kappa shape index (κ3) is 5.20. The summed E-state index contributed by atoms with van der Waals surface area (Å²) in [6, 6.07) is 38.8. The average molecular weight is 457 g/mol. The molecule has 0 saturated carbocycles. The molecule has 0 amide bonds. The Morgan fingerprint density at radius 2 is 0.829 bits per heavy atom. The molecular weight excluding hydrogens is 432 g/mol. The van der Waals surface area contributed by atoms with E-state index in [1.54, 1.807) is 0 Å². The summed E-state index contributed by atoms with van der Waals surface area (Å²) in [6.07, 6.45) is 0. The Morgan fingerprint density at radius 3 is 1.20 bits per heavy atom. The van der Waals surface area contributed by atoms with Gasteiger partial charge in [-0.15, -0.1) is 0 Å². The van der Waals surface area contributed by atoms with Crippen molar-refractivity contribution in [2.45, 2.75) is 0 Å². The predicted octanol–water partition coefficient (Wildman–Crippen LogP) is 7.49. The number of amidine groups is 2. The molecule has 0 radical (unpaired) electrons. The summed E-state index contributed by atoms with van der Waals surface area (Å²) in [4.78, 5) is 0. The zero-order valence-electron chi connectivity index (χ0n) is 19.0. The minimum Gasteiger partial charge on any atom is -0.456 e. The smallest absolute Gasteiger partial charge is 0.134 e. The van der Waals surface area contributed by atoms with Crippen LogP contribution in [0.3, 0.4) is 0 Å². The predicted molar refractivity (Wildman–Crippen MR) is 143 cm³/mol. The van der Waals surface area contributed by atoms with Crippen molar-refractivity contribution in [3.8, 4) is 22.6 Å². The Hall–Kier alpha value is -4.90. The van der Waals surface area contributed by atoms with E-state index < -0.39 is 0 Å².